The molecule has 3 nitrogen and oxygen atoms in total. The maximum absolute atomic E-state index is 5.84. The van der Waals surface area contributed by atoms with Crippen LogP contribution in [0.5, 0.6) is 0 Å². The Bertz CT molecular complexity index is 134. The molecule has 0 aliphatic carbocycles. The molecule has 1 fully saturated rings. The average molecular weight is 159 g/mol. The fourth-order valence-corrected chi connectivity index (χ4v) is 1.49. The Balaban J connectivity index is 2.46. The van der Waals surface area contributed by atoms with Crippen LogP contribution in [0.25, 0.3) is 0 Å². The second-order valence-corrected chi connectivity index (χ2v) is 4.00. The largest absolute Gasteiger partial charge is 0.348 e. The normalized spacial score (nSPS) is 24.0. The first-order chi connectivity index (χ1) is 4.91. The van der Waals surface area contributed by atoms with Crippen LogP contribution in [0.15, 0.2) is 0 Å². The van der Waals surface area contributed by atoms with Gasteiger partial charge in [-0.15, -0.1) is 0 Å². The molecule has 0 spiro atoms. The molecule has 0 bridgehead atoms. The molecule has 11 heavy (non-hydrogen) atoms. The molecule has 1 heterocycles. The van der Waals surface area contributed by atoms with Crippen LogP contribution in [0, 0.1) is 0 Å². The maximum Gasteiger partial charge on any atom is 0.167 e. The summed E-state index contributed by atoms with van der Waals surface area (Å²) in [7, 11) is 0. The number of nitrogens with two attached hydrogens (primary N) is 1. The van der Waals surface area contributed by atoms with Gasteiger partial charge in [0.25, 0.3) is 0 Å². The van der Waals surface area contributed by atoms with E-state index in [1.54, 1.807) is 0 Å². The third kappa shape index (κ3) is 2.77. The zero-order valence-electron chi connectivity index (χ0n) is 7.52. The van der Waals surface area contributed by atoms with Gasteiger partial charge in [0.15, 0.2) is 5.79 Å². The molecular formula is C8H17NO2. The van der Waals surface area contributed by atoms with Gasteiger partial charge in [-0.2, -0.15) is 0 Å². The van der Waals surface area contributed by atoms with Crippen molar-refractivity contribution >= 4 is 0 Å². The number of ether oxygens (including phenoxy) is 2. The first-order valence-corrected chi connectivity index (χ1v) is 3.98. The molecular weight excluding hydrogens is 142 g/mol. The Morgan fingerprint density at radius 1 is 1.36 bits per heavy atom. The van der Waals surface area contributed by atoms with E-state index in [-0.39, 0.29) is 5.54 Å². The summed E-state index contributed by atoms with van der Waals surface area (Å²) in [5, 5.41) is 0. The van der Waals surface area contributed by atoms with Crippen LogP contribution in [-0.2, 0) is 9.47 Å². The van der Waals surface area contributed by atoms with Gasteiger partial charge in [0.1, 0.15) is 0 Å². The lowest BCUT2D eigenvalue weighted by Gasteiger charge is -2.30. The van der Waals surface area contributed by atoms with E-state index in [0.29, 0.717) is 13.2 Å². The van der Waals surface area contributed by atoms with Crippen molar-refractivity contribution in [1.29, 1.82) is 0 Å². The van der Waals surface area contributed by atoms with Crippen LogP contribution in [0.1, 0.15) is 27.2 Å². The Kier molecular flexibility index (Phi) is 2.23. The Morgan fingerprint density at radius 2 is 1.82 bits per heavy atom. The molecule has 0 amide bonds. The Morgan fingerprint density at radius 3 is 2.18 bits per heavy atom. The zero-order valence-corrected chi connectivity index (χ0v) is 7.52. The minimum Gasteiger partial charge on any atom is -0.348 e. The predicted octanol–water partition coefficient (Wildman–Crippen LogP) is 0.877. The summed E-state index contributed by atoms with van der Waals surface area (Å²) >= 11 is 0. The second-order valence-electron chi connectivity index (χ2n) is 4.00. The summed E-state index contributed by atoms with van der Waals surface area (Å²) < 4.78 is 10.8. The smallest absolute Gasteiger partial charge is 0.167 e. The Labute approximate surface area is 67.9 Å². The molecule has 0 saturated carbocycles. The minimum atomic E-state index is -0.446. The van der Waals surface area contributed by atoms with Gasteiger partial charge in [-0.1, -0.05) is 0 Å². The fourth-order valence-electron chi connectivity index (χ4n) is 1.49. The van der Waals surface area contributed by atoms with Crippen molar-refractivity contribution in [3.05, 3.63) is 0 Å². The van der Waals surface area contributed by atoms with Crippen molar-refractivity contribution in [2.75, 3.05) is 13.2 Å². The summed E-state index contributed by atoms with van der Waals surface area (Å²) in [4.78, 5) is 0. The fraction of sp³-hybridized carbons (Fsp3) is 1.00. The van der Waals surface area contributed by atoms with E-state index in [1.165, 1.54) is 0 Å². The highest BCUT2D eigenvalue weighted by molar-refractivity contribution is 4.81. The lowest BCUT2D eigenvalue weighted by Crippen LogP contribution is -2.42. The van der Waals surface area contributed by atoms with Crippen LogP contribution in [-0.4, -0.2) is 24.5 Å². The van der Waals surface area contributed by atoms with Gasteiger partial charge in [0.2, 0.25) is 0 Å². The molecule has 0 aromatic rings. The molecule has 1 saturated heterocycles. The SMILES string of the molecule is CC(C)(N)CC1(C)OCCO1. The molecule has 3 heteroatoms. The van der Waals surface area contributed by atoms with Gasteiger partial charge in [-0.25, -0.2) is 0 Å². The summed E-state index contributed by atoms with van der Waals surface area (Å²) in [5.41, 5.74) is 5.62. The number of hydrogen-bond acceptors (Lipinski definition) is 3. The zero-order chi connectivity index (χ0) is 8.54. The first-order valence-electron chi connectivity index (χ1n) is 3.98. The van der Waals surface area contributed by atoms with Gasteiger partial charge in [0.05, 0.1) is 13.2 Å². The third-order valence-corrected chi connectivity index (χ3v) is 1.67. The van der Waals surface area contributed by atoms with Gasteiger partial charge in [-0.3, -0.25) is 0 Å². The molecule has 1 aliphatic heterocycles. The highest BCUT2D eigenvalue weighted by atomic mass is 16.7. The summed E-state index contributed by atoms with van der Waals surface area (Å²) in [6.45, 7) is 7.26. The quantitative estimate of drug-likeness (QED) is 0.650. The molecule has 0 radical (unpaired) electrons. The number of hydrogen-bond donors (Lipinski definition) is 1. The van der Waals surface area contributed by atoms with Gasteiger partial charge >= 0.3 is 0 Å². The second kappa shape index (κ2) is 2.73. The van der Waals surface area contributed by atoms with Gasteiger partial charge < -0.3 is 15.2 Å². The summed E-state index contributed by atoms with van der Waals surface area (Å²) in [6, 6.07) is 0. The molecule has 0 aromatic heterocycles. The van der Waals surface area contributed by atoms with E-state index < -0.39 is 5.79 Å². The highest BCUT2D eigenvalue weighted by Gasteiger charge is 2.35. The van der Waals surface area contributed by atoms with E-state index in [1.807, 2.05) is 20.8 Å². The van der Waals surface area contributed by atoms with E-state index in [0.717, 1.165) is 6.42 Å². The van der Waals surface area contributed by atoms with Crippen LogP contribution >= 0.6 is 0 Å². The van der Waals surface area contributed by atoms with Gasteiger partial charge in [0, 0.05) is 12.0 Å². The van der Waals surface area contributed by atoms with Crippen LogP contribution in [0.3, 0.4) is 0 Å². The van der Waals surface area contributed by atoms with Gasteiger partial charge in [-0.05, 0) is 20.8 Å². The summed E-state index contributed by atoms with van der Waals surface area (Å²) in [5.74, 6) is -0.446. The monoisotopic (exact) mass is 159 g/mol. The van der Waals surface area contributed by atoms with E-state index in [4.69, 9.17) is 15.2 Å². The molecule has 1 aliphatic rings. The van der Waals surface area contributed by atoms with E-state index >= 15 is 0 Å². The van der Waals surface area contributed by atoms with Crippen molar-refractivity contribution in [2.24, 2.45) is 5.73 Å². The van der Waals surface area contributed by atoms with Crippen LogP contribution in [0.2, 0.25) is 0 Å². The van der Waals surface area contributed by atoms with E-state index in [2.05, 4.69) is 0 Å². The van der Waals surface area contributed by atoms with E-state index in [9.17, 15) is 0 Å². The highest BCUT2D eigenvalue weighted by Crippen LogP contribution is 2.27. The molecule has 0 atom stereocenters. The van der Waals surface area contributed by atoms with Crippen molar-refractivity contribution in [1.82, 2.24) is 0 Å². The first kappa shape index (κ1) is 8.97. The maximum atomic E-state index is 5.84. The number of rotatable bonds is 2. The molecule has 1 rings (SSSR count). The van der Waals surface area contributed by atoms with Crippen molar-refractivity contribution in [3.63, 3.8) is 0 Å². The van der Waals surface area contributed by atoms with Crippen molar-refractivity contribution < 1.29 is 9.47 Å². The molecule has 0 aromatic carbocycles. The van der Waals surface area contributed by atoms with Crippen molar-refractivity contribution in [3.8, 4) is 0 Å². The average Bonchev–Trinajstić information content (AvgIpc) is 2.09. The predicted molar refractivity (Wildman–Crippen MR) is 43.2 cm³/mol. The Hall–Kier alpha value is -0.120. The lowest BCUT2D eigenvalue weighted by atomic mass is 9.97. The summed E-state index contributed by atoms with van der Waals surface area (Å²) in [6.07, 6.45) is 0.736. The lowest BCUT2D eigenvalue weighted by molar-refractivity contribution is -0.155. The molecule has 2 N–H and O–H groups in total. The minimum absolute atomic E-state index is 0.223. The third-order valence-electron chi connectivity index (χ3n) is 1.67. The standard InChI is InChI=1S/C8H17NO2/c1-7(2,9)6-8(3)10-4-5-11-8/h4-6,9H2,1-3H3. The topological polar surface area (TPSA) is 44.5 Å². The van der Waals surface area contributed by atoms with Crippen molar-refractivity contribution in [2.45, 2.75) is 38.5 Å². The van der Waals surface area contributed by atoms with Crippen LogP contribution < -0.4 is 5.73 Å². The van der Waals surface area contributed by atoms with Crippen LogP contribution in [0.4, 0.5) is 0 Å². The molecule has 66 valence electrons. The molecule has 0 unspecified atom stereocenters.